The third kappa shape index (κ3) is 2.15. The average molecular weight is 233 g/mol. The summed E-state index contributed by atoms with van der Waals surface area (Å²) in [4.78, 5) is 22.7. The number of carboxylic acids is 1. The first-order chi connectivity index (χ1) is 8.09. The molecule has 1 heterocycles. The largest absolute Gasteiger partial charge is 0.481 e. The van der Waals surface area contributed by atoms with E-state index in [0.717, 1.165) is 4.68 Å². The van der Waals surface area contributed by atoms with E-state index in [1.165, 1.54) is 6.92 Å². The molecule has 0 amide bonds. The first-order valence-corrected chi connectivity index (χ1v) is 5.15. The summed E-state index contributed by atoms with van der Waals surface area (Å²) in [5.74, 6) is -1.64. The van der Waals surface area contributed by atoms with Crippen molar-refractivity contribution >= 4 is 16.9 Å². The molecule has 1 aromatic carbocycles. The molecule has 0 radical (unpaired) electrons. The van der Waals surface area contributed by atoms with Crippen molar-refractivity contribution in [3.8, 4) is 0 Å². The standard InChI is InChI=1S/C11H11N3O3/c1-7(11(16)17)6-14-10(15)8-4-2-3-5-9(8)12-13-14/h2-5,7H,6H2,1H3,(H,16,17). The van der Waals surface area contributed by atoms with Crippen molar-refractivity contribution in [2.45, 2.75) is 13.5 Å². The first kappa shape index (κ1) is 11.3. The highest BCUT2D eigenvalue weighted by Crippen LogP contribution is 2.04. The van der Waals surface area contributed by atoms with Gasteiger partial charge in [0.1, 0.15) is 5.52 Å². The Hall–Kier alpha value is -2.24. The van der Waals surface area contributed by atoms with E-state index in [0.29, 0.717) is 10.9 Å². The van der Waals surface area contributed by atoms with Gasteiger partial charge in [0.15, 0.2) is 0 Å². The second-order valence-electron chi connectivity index (χ2n) is 3.83. The fourth-order valence-corrected chi connectivity index (χ4v) is 1.48. The molecular formula is C11H11N3O3. The fourth-order valence-electron chi connectivity index (χ4n) is 1.48. The molecule has 0 saturated carbocycles. The number of nitrogens with zero attached hydrogens (tertiary/aromatic N) is 3. The van der Waals surface area contributed by atoms with Crippen LogP contribution >= 0.6 is 0 Å². The number of rotatable bonds is 3. The minimum Gasteiger partial charge on any atom is -0.481 e. The Morgan fingerprint density at radius 1 is 1.47 bits per heavy atom. The minimum absolute atomic E-state index is 0.0198. The van der Waals surface area contributed by atoms with Crippen LogP contribution in [-0.4, -0.2) is 26.1 Å². The molecule has 0 aliphatic carbocycles. The van der Waals surface area contributed by atoms with Gasteiger partial charge in [0.05, 0.1) is 17.8 Å². The van der Waals surface area contributed by atoms with E-state index >= 15 is 0 Å². The maximum atomic E-state index is 12.0. The van der Waals surface area contributed by atoms with E-state index in [2.05, 4.69) is 10.3 Å². The van der Waals surface area contributed by atoms with Gasteiger partial charge in [0.25, 0.3) is 5.56 Å². The molecule has 6 heteroatoms. The highest BCUT2D eigenvalue weighted by atomic mass is 16.4. The minimum atomic E-state index is -0.966. The van der Waals surface area contributed by atoms with Crippen molar-refractivity contribution in [3.63, 3.8) is 0 Å². The lowest BCUT2D eigenvalue weighted by atomic mass is 10.2. The Bertz CT molecular complexity index is 621. The summed E-state index contributed by atoms with van der Waals surface area (Å²) in [6, 6.07) is 6.83. The Morgan fingerprint density at radius 3 is 2.88 bits per heavy atom. The van der Waals surface area contributed by atoms with E-state index in [1.54, 1.807) is 24.3 Å². The van der Waals surface area contributed by atoms with Gasteiger partial charge in [-0.3, -0.25) is 9.59 Å². The van der Waals surface area contributed by atoms with Gasteiger partial charge in [-0.1, -0.05) is 24.3 Å². The van der Waals surface area contributed by atoms with Crippen molar-refractivity contribution in [2.24, 2.45) is 5.92 Å². The number of fused-ring (bicyclic) bond motifs is 1. The second-order valence-corrected chi connectivity index (χ2v) is 3.83. The summed E-state index contributed by atoms with van der Waals surface area (Å²) in [7, 11) is 0. The third-order valence-corrected chi connectivity index (χ3v) is 2.50. The van der Waals surface area contributed by atoms with Crippen molar-refractivity contribution in [1.29, 1.82) is 0 Å². The van der Waals surface area contributed by atoms with Crippen LogP contribution in [0.1, 0.15) is 6.92 Å². The first-order valence-electron chi connectivity index (χ1n) is 5.15. The van der Waals surface area contributed by atoms with Gasteiger partial charge >= 0.3 is 5.97 Å². The molecule has 0 aliphatic rings. The van der Waals surface area contributed by atoms with Crippen molar-refractivity contribution in [3.05, 3.63) is 34.6 Å². The number of hydrogen-bond donors (Lipinski definition) is 1. The van der Waals surface area contributed by atoms with Gasteiger partial charge in [0, 0.05) is 0 Å². The molecule has 17 heavy (non-hydrogen) atoms. The van der Waals surface area contributed by atoms with Crippen molar-refractivity contribution in [1.82, 2.24) is 15.0 Å². The van der Waals surface area contributed by atoms with Crippen LogP contribution in [0.2, 0.25) is 0 Å². The lowest BCUT2D eigenvalue weighted by molar-refractivity contribution is -0.141. The summed E-state index contributed by atoms with van der Waals surface area (Å²) in [6.07, 6.45) is 0. The smallest absolute Gasteiger partial charge is 0.308 e. The van der Waals surface area contributed by atoms with Crippen LogP contribution in [-0.2, 0) is 11.3 Å². The fraction of sp³-hybridized carbons (Fsp3) is 0.273. The SMILES string of the molecule is CC(Cn1nnc2ccccc2c1=O)C(=O)O. The summed E-state index contributed by atoms with van der Waals surface area (Å²) in [6.45, 7) is 1.54. The zero-order valence-corrected chi connectivity index (χ0v) is 9.20. The molecule has 1 atom stereocenters. The Labute approximate surface area is 96.5 Å². The quantitative estimate of drug-likeness (QED) is 0.834. The Morgan fingerprint density at radius 2 is 2.18 bits per heavy atom. The normalized spacial score (nSPS) is 12.5. The number of carboxylic acid groups (broad SMARTS) is 1. The zero-order valence-electron chi connectivity index (χ0n) is 9.20. The lowest BCUT2D eigenvalue weighted by Gasteiger charge is -2.07. The van der Waals surface area contributed by atoms with Crippen LogP contribution < -0.4 is 5.56 Å². The maximum Gasteiger partial charge on any atom is 0.308 e. The predicted octanol–water partition coefficient (Wildman–Crippen LogP) is 0.512. The zero-order chi connectivity index (χ0) is 12.4. The highest BCUT2D eigenvalue weighted by Gasteiger charge is 2.14. The van der Waals surface area contributed by atoms with E-state index in [1.807, 2.05) is 0 Å². The maximum absolute atomic E-state index is 12.0. The van der Waals surface area contributed by atoms with E-state index < -0.39 is 11.9 Å². The lowest BCUT2D eigenvalue weighted by Crippen LogP contribution is -2.29. The molecule has 0 saturated heterocycles. The number of aliphatic carboxylic acids is 1. The van der Waals surface area contributed by atoms with Gasteiger partial charge in [-0.15, -0.1) is 5.10 Å². The number of benzene rings is 1. The molecule has 6 nitrogen and oxygen atoms in total. The van der Waals surface area contributed by atoms with Crippen molar-refractivity contribution < 1.29 is 9.90 Å². The molecule has 0 bridgehead atoms. The molecule has 2 aromatic rings. The topological polar surface area (TPSA) is 85.1 Å². The molecule has 0 spiro atoms. The third-order valence-electron chi connectivity index (χ3n) is 2.50. The molecular weight excluding hydrogens is 222 g/mol. The summed E-state index contributed by atoms with van der Waals surface area (Å²) in [5.41, 5.74) is 0.195. The van der Waals surface area contributed by atoms with E-state index in [4.69, 9.17) is 5.11 Å². The van der Waals surface area contributed by atoms with Gasteiger partial charge in [-0.2, -0.15) is 0 Å². The van der Waals surface area contributed by atoms with Crippen LogP contribution in [0.15, 0.2) is 29.1 Å². The molecule has 2 rings (SSSR count). The summed E-state index contributed by atoms with van der Waals surface area (Å²) >= 11 is 0. The second kappa shape index (κ2) is 4.32. The summed E-state index contributed by atoms with van der Waals surface area (Å²) < 4.78 is 1.08. The number of carbonyl (C=O) groups is 1. The van der Waals surface area contributed by atoms with Crippen LogP contribution in [0.25, 0.3) is 10.9 Å². The number of hydrogen-bond acceptors (Lipinski definition) is 4. The van der Waals surface area contributed by atoms with Crippen LogP contribution in [0.3, 0.4) is 0 Å². The average Bonchev–Trinajstić information content (AvgIpc) is 2.33. The molecule has 0 fully saturated rings. The Balaban J connectivity index is 2.46. The van der Waals surface area contributed by atoms with Crippen molar-refractivity contribution in [2.75, 3.05) is 0 Å². The summed E-state index contributed by atoms with van der Waals surface area (Å²) in [5, 5.41) is 16.8. The number of aromatic nitrogens is 3. The van der Waals surface area contributed by atoms with Crippen LogP contribution in [0, 0.1) is 5.92 Å². The van der Waals surface area contributed by atoms with Gasteiger partial charge in [-0.25, -0.2) is 4.68 Å². The van der Waals surface area contributed by atoms with Crippen LogP contribution in [0.5, 0.6) is 0 Å². The van der Waals surface area contributed by atoms with E-state index in [-0.39, 0.29) is 12.1 Å². The van der Waals surface area contributed by atoms with E-state index in [9.17, 15) is 9.59 Å². The highest BCUT2D eigenvalue weighted by molar-refractivity contribution is 5.76. The molecule has 1 unspecified atom stereocenters. The van der Waals surface area contributed by atoms with Gasteiger partial charge in [0.2, 0.25) is 0 Å². The monoisotopic (exact) mass is 233 g/mol. The Kier molecular flexibility index (Phi) is 2.86. The predicted molar refractivity (Wildman–Crippen MR) is 60.6 cm³/mol. The van der Waals surface area contributed by atoms with Gasteiger partial charge in [-0.05, 0) is 12.1 Å². The molecule has 88 valence electrons. The molecule has 1 N–H and O–H groups in total. The molecule has 1 aromatic heterocycles. The van der Waals surface area contributed by atoms with Gasteiger partial charge < -0.3 is 5.11 Å². The molecule has 0 aliphatic heterocycles. The van der Waals surface area contributed by atoms with Crippen LogP contribution in [0.4, 0.5) is 0 Å².